The Hall–Kier alpha value is -1.89. The number of pyridine rings is 1. The Morgan fingerprint density at radius 3 is 2.78 bits per heavy atom. The minimum absolute atomic E-state index is 0.0597. The summed E-state index contributed by atoms with van der Waals surface area (Å²) in [5, 5.41) is 4.69. The zero-order valence-electron chi connectivity index (χ0n) is 14.9. The average molecular weight is 404 g/mol. The van der Waals surface area contributed by atoms with Gasteiger partial charge in [-0.05, 0) is 48.3 Å². The van der Waals surface area contributed by atoms with Crippen molar-refractivity contribution in [3.05, 3.63) is 58.9 Å². The fourth-order valence-electron chi connectivity index (χ4n) is 3.59. The first-order valence-corrected chi connectivity index (χ1v) is 9.95. The van der Waals surface area contributed by atoms with Gasteiger partial charge in [0.25, 0.3) is 0 Å². The molecule has 0 spiro atoms. The van der Waals surface area contributed by atoms with Crippen molar-refractivity contribution in [2.24, 2.45) is 0 Å². The topological polar surface area (TPSA) is 46.6 Å². The van der Waals surface area contributed by atoms with Crippen LogP contribution in [0.1, 0.15) is 11.1 Å². The molecule has 2 aromatic rings. The highest BCUT2D eigenvalue weighted by atomic mass is 35.5. The van der Waals surface area contributed by atoms with Crippen molar-refractivity contribution in [2.75, 3.05) is 26.3 Å². The van der Waals surface area contributed by atoms with E-state index < -0.39 is 0 Å². The van der Waals surface area contributed by atoms with Gasteiger partial charge in [0.15, 0.2) is 16.0 Å². The molecular weight excluding hydrogens is 382 g/mol. The van der Waals surface area contributed by atoms with Crippen molar-refractivity contribution in [3.8, 4) is 5.75 Å². The standard InChI is InChI=1S/C20H22ClN3O2S/c21-19-18(6-3-7-22-19)26-13-17-12-24(8-9-25-17)20(27)23-16-10-14-4-1-2-5-15(14)11-16/h1-7,16-17H,8-13H2,(H,23,27). The second kappa shape index (κ2) is 8.42. The summed E-state index contributed by atoms with van der Waals surface area (Å²) in [7, 11) is 0. The number of hydrogen-bond acceptors (Lipinski definition) is 4. The number of halogens is 1. The van der Waals surface area contributed by atoms with Crippen LogP contribution >= 0.6 is 23.8 Å². The van der Waals surface area contributed by atoms with Gasteiger partial charge in [-0.3, -0.25) is 0 Å². The smallest absolute Gasteiger partial charge is 0.171 e. The number of morpholine rings is 1. The van der Waals surface area contributed by atoms with E-state index >= 15 is 0 Å². The first-order valence-electron chi connectivity index (χ1n) is 9.16. The Kier molecular flexibility index (Phi) is 5.76. The summed E-state index contributed by atoms with van der Waals surface area (Å²) in [4.78, 5) is 6.19. The summed E-state index contributed by atoms with van der Waals surface area (Å²) in [6.45, 7) is 2.53. The molecule has 4 rings (SSSR count). The van der Waals surface area contributed by atoms with Gasteiger partial charge in [0, 0.05) is 25.3 Å². The molecule has 0 saturated carbocycles. The second-order valence-electron chi connectivity index (χ2n) is 6.87. The average Bonchev–Trinajstić information content (AvgIpc) is 3.10. The van der Waals surface area contributed by atoms with E-state index in [-0.39, 0.29) is 6.10 Å². The monoisotopic (exact) mass is 403 g/mol. The van der Waals surface area contributed by atoms with Crippen molar-refractivity contribution in [3.63, 3.8) is 0 Å². The quantitative estimate of drug-likeness (QED) is 0.625. The van der Waals surface area contributed by atoms with Crippen LogP contribution < -0.4 is 10.1 Å². The van der Waals surface area contributed by atoms with Gasteiger partial charge in [0.05, 0.1) is 6.61 Å². The van der Waals surface area contributed by atoms with E-state index in [0.29, 0.717) is 36.7 Å². The summed E-state index contributed by atoms with van der Waals surface area (Å²) in [6, 6.07) is 12.6. The fraction of sp³-hybridized carbons (Fsp3) is 0.400. The van der Waals surface area contributed by atoms with Crippen molar-refractivity contribution >= 4 is 28.9 Å². The van der Waals surface area contributed by atoms with Crippen LogP contribution in [0.4, 0.5) is 0 Å². The van der Waals surface area contributed by atoms with E-state index in [1.54, 1.807) is 18.3 Å². The summed E-state index contributed by atoms with van der Waals surface area (Å²) < 4.78 is 11.6. The molecule has 1 N–H and O–H groups in total. The number of nitrogens with one attached hydrogen (secondary N) is 1. The van der Waals surface area contributed by atoms with Crippen LogP contribution in [-0.4, -0.2) is 53.4 Å². The fourth-order valence-corrected chi connectivity index (χ4v) is 4.10. The zero-order chi connectivity index (χ0) is 18.6. The van der Waals surface area contributed by atoms with Crippen LogP contribution in [0, 0.1) is 0 Å². The van der Waals surface area contributed by atoms with E-state index in [9.17, 15) is 0 Å². The molecule has 5 nitrogen and oxygen atoms in total. The van der Waals surface area contributed by atoms with Crippen LogP contribution in [0.25, 0.3) is 0 Å². The molecule has 2 aliphatic rings. The maximum Gasteiger partial charge on any atom is 0.171 e. The highest BCUT2D eigenvalue weighted by molar-refractivity contribution is 7.80. The molecule has 1 aliphatic carbocycles. The number of rotatable bonds is 4. The molecule has 2 heterocycles. The van der Waals surface area contributed by atoms with Crippen molar-refractivity contribution in [1.82, 2.24) is 15.2 Å². The number of fused-ring (bicyclic) bond motifs is 1. The lowest BCUT2D eigenvalue weighted by atomic mass is 10.1. The maximum absolute atomic E-state index is 6.04. The molecule has 1 fully saturated rings. The molecule has 142 valence electrons. The van der Waals surface area contributed by atoms with Gasteiger partial charge >= 0.3 is 0 Å². The third-order valence-electron chi connectivity index (χ3n) is 4.95. The Labute approximate surface area is 169 Å². The first kappa shape index (κ1) is 18.5. The summed E-state index contributed by atoms with van der Waals surface area (Å²) >= 11 is 11.7. The number of ether oxygens (including phenoxy) is 2. The highest BCUT2D eigenvalue weighted by Gasteiger charge is 2.26. The maximum atomic E-state index is 6.04. The Morgan fingerprint density at radius 2 is 2.04 bits per heavy atom. The molecule has 1 atom stereocenters. The molecule has 0 bridgehead atoms. The molecule has 1 aromatic heterocycles. The minimum Gasteiger partial charge on any atom is -0.488 e. The molecule has 1 saturated heterocycles. The number of thiocarbonyl (C=S) groups is 1. The molecule has 1 aromatic carbocycles. The van der Waals surface area contributed by atoms with Gasteiger partial charge < -0.3 is 19.7 Å². The number of nitrogens with zero attached hydrogens (tertiary/aromatic N) is 2. The third-order valence-corrected chi connectivity index (χ3v) is 5.61. The lowest BCUT2D eigenvalue weighted by molar-refractivity contribution is -0.0289. The molecule has 1 unspecified atom stereocenters. The minimum atomic E-state index is -0.0597. The predicted octanol–water partition coefficient (Wildman–Crippen LogP) is 2.86. The molecule has 27 heavy (non-hydrogen) atoms. The highest BCUT2D eigenvalue weighted by Crippen LogP contribution is 2.23. The lowest BCUT2D eigenvalue weighted by Crippen LogP contribution is -2.53. The molecule has 0 amide bonds. The zero-order valence-corrected chi connectivity index (χ0v) is 16.5. The Bertz CT molecular complexity index is 794. The van der Waals surface area contributed by atoms with Gasteiger partial charge in [0.2, 0.25) is 0 Å². The van der Waals surface area contributed by atoms with Crippen LogP contribution in [0.3, 0.4) is 0 Å². The van der Waals surface area contributed by atoms with E-state index in [4.69, 9.17) is 33.3 Å². The van der Waals surface area contributed by atoms with Crippen LogP contribution in [0.5, 0.6) is 5.75 Å². The normalized spacial score (nSPS) is 19.6. The number of hydrogen-bond donors (Lipinski definition) is 1. The van der Waals surface area contributed by atoms with E-state index in [1.807, 2.05) is 0 Å². The van der Waals surface area contributed by atoms with E-state index in [1.165, 1.54) is 11.1 Å². The van der Waals surface area contributed by atoms with Crippen molar-refractivity contribution in [1.29, 1.82) is 0 Å². The molecular formula is C20H22ClN3O2S. The van der Waals surface area contributed by atoms with Gasteiger partial charge in [-0.25, -0.2) is 4.98 Å². The summed E-state index contributed by atoms with van der Waals surface area (Å²) in [5.74, 6) is 0.573. The predicted molar refractivity (Wildman–Crippen MR) is 109 cm³/mol. The molecule has 7 heteroatoms. The van der Waals surface area contributed by atoms with Gasteiger partial charge in [0.1, 0.15) is 12.7 Å². The number of aromatic nitrogens is 1. The molecule has 1 aliphatic heterocycles. The Balaban J connectivity index is 1.28. The van der Waals surface area contributed by atoms with E-state index in [0.717, 1.165) is 24.5 Å². The van der Waals surface area contributed by atoms with Crippen molar-refractivity contribution in [2.45, 2.75) is 25.0 Å². The summed E-state index contributed by atoms with van der Waals surface area (Å²) in [5.41, 5.74) is 2.83. The van der Waals surface area contributed by atoms with Crippen LogP contribution in [-0.2, 0) is 17.6 Å². The van der Waals surface area contributed by atoms with Crippen LogP contribution in [0.2, 0.25) is 5.15 Å². The number of benzene rings is 1. The van der Waals surface area contributed by atoms with E-state index in [2.05, 4.69) is 39.5 Å². The first-order chi connectivity index (χ1) is 13.2. The van der Waals surface area contributed by atoms with Gasteiger partial charge in [-0.2, -0.15) is 0 Å². The lowest BCUT2D eigenvalue weighted by Gasteiger charge is -2.35. The SMILES string of the molecule is S=C(NC1Cc2ccccc2C1)N1CCOC(COc2cccnc2Cl)C1. The van der Waals surface area contributed by atoms with Gasteiger partial charge in [-0.1, -0.05) is 35.9 Å². The van der Waals surface area contributed by atoms with Gasteiger partial charge in [-0.15, -0.1) is 0 Å². The second-order valence-corrected chi connectivity index (χ2v) is 7.61. The van der Waals surface area contributed by atoms with Crippen molar-refractivity contribution < 1.29 is 9.47 Å². The molecule has 0 radical (unpaired) electrons. The largest absolute Gasteiger partial charge is 0.488 e. The summed E-state index contributed by atoms with van der Waals surface area (Å²) in [6.07, 6.45) is 3.62. The Morgan fingerprint density at radius 1 is 1.26 bits per heavy atom. The third kappa shape index (κ3) is 4.51. The van der Waals surface area contributed by atoms with Crippen LogP contribution in [0.15, 0.2) is 42.6 Å².